The predicted octanol–water partition coefficient (Wildman–Crippen LogP) is 3.43. The Morgan fingerprint density at radius 3 is 2.58 bits per heavy atom. The number of piperidine rings is 1. The van der Waals surface area contributed by atoms with Gasteiger partial charge in [-0.2, -0.15) is 0 Å². The third kappa shape index (κ3) is 6.11. The second-order valence-electron chi connectivity index (χ2n) is 7.40. The quantitative estimate of drug-likeness (QED) is 0.477. The third-order valence-corrected chi connectivity index (χ3v) is 4.50. The number of likely N-dealkylation sites (tertiary alicyclic amines) is 1. The molecule has 24 heavy (non-hydrogen) atoms. The fourth-order valence-corrected chi connectivity index (χ4v) is 2.93. The Morgan fingerprint density at radius 2 is 2.00 bits per heavy atom. The van der Waals surface area contributed by atoms with E-state index in [1.807, 2.05) is 18.4 Å². The maximum absolute atomic E-state index is 4.77. The number of aliphatic imine (C=N–C) groups is 1. The first kappa shape index (κ1) is 18.7. The lowest BCUT2D eigenvalue weighted by Gasteiger charge is -2.29. The molecule has 0 unspecified atom stereocenters. The number of rotatable bonds is 5. The Bertz CT molecular complexity index is 522. The van der Waals surface area contributed by atoms with Gasteiger partial charge in [-0.05, 0) is 64.7 Å². The number of hydrazone groups is 1. The molecule has 2 rings (SSSR count). The van der Waals surface area contributed by atoms with E-state index in [2.05, 4.69) is 50.3 Å². The van der Waals surface area contributed by atoms with Gasteiger partial charge in [0.25, 0.3) is 0 Å². The number of hydrogen-bond acceptors (Lipinski definition) is 4. The molecule has 1 heterocycles. The molecule has 1 fully saturated rings. The molecule has 5 heteroatoms. The van der Waals surface area contributed by atoms with Crippen molar-refractivity contribution < 1.29 is 0 Å². The maximum Gasteiger partial charge on any atom is 0.153 e. The first-order valence-electron chi connectivity index (χ1n) is 9.12. The van der Waals surface area contributed by atoms with Crippen molar-refractivity contribution in [1.29, 1.82) is 0 Å². The van der Waals surface area contributed by atoms with Gasteiger partial charge in [0.2, 0.25) is 0 Å². The molecule has 0 radical (unpaired) electrons. The van der Waals surface area contributed by atoms with Crippen LogP contribution in [0.2, 0.25) is 0 Å². The highest BCUT2D eigenvalue weighted by Gasteiger charge is 2.22. The third-order valence-electron chi connectivity index (χ3n) is 4.50. The second kappa shape index (κ2) is 9.02. The summed E-state index contributed by atoms with van der Waals surface area (Å²) in [5.41, 5.74) is 6.02. The summed E-state index contributed by atoms with van der Waals surface area (Å²) in [6.45, 7) is 8.72. The summed E-state index contributed by atoms with van der Waals surface area (Å²) >= 11 is 0. The van der Waals surface area contributed by atoms with E-state index in [9.17, 15) is 0 Å². The van der Waals surface area contributed by atoms with Crippen LogP contribution in [0, 0.1) is 11.8 Å². The summed E-state index contributed by atoms with van der Waals surface area (Å²) in [7, 11) is 4.15. The lowest BCUT2D eigenvalue weighted by atomic mass is 9.96. The Hall–Kier alpha value is -1.62. The molecule has 0 saturated carbocycles. The van der Waals surface area contributed by atoms with Crippen LogP contribution in [-0.2, 0) is 0 Å². The fourth-order valence-electron chi connectivity index (χ4n) is 2.93. The van der Waals surface area contributed by atoms with E-state index < -0.39 is 0 Å². The van der Waals surface area contributed by atoms with Crippen LogP contribution in [0.5, 0.6) is 0 Å². The summed E-state index contributed by atoms with van der Waals surface area (Å²) < 4.78 is 0. The van der Waals surface area contributed by atoms with Crippen LogP contribution in [0.3, 0.4) is 0 Å². The van der Waals surface area contributed by atoms with Gasteiger partial charge in [0.05, 0.1) is 0 Å². The van der Waals surface area contributed by atoms with Crippen LogP contribution in [0.15, 0.2) is 33.5 Å². The normalized spacial score (nSPS) is 21.2. The van der Waals surface area contributed by atoms with E-state index >= 15 is 0 Å². The van der Waals surface area contributed by atoms with Gasteiger partial charge in [0.1, 0.15) is 0 Å². The largest absolute Gasteiger partial charge is 0.306 e. The molecule has 0 spiro atoms. The molecule has 2 aliphatic rings. The number of nitrogens with one attached hydrogen (secondary N) is 1. The Morgan fingerprint density at radius 1 is 1.29 bits per heavy atom. The molecular formula is C19H33N5. The molecule has 1 saturated heterocycles. The first-order chi connectivity index (χ1) is 11.4. The van der Waals surface area contributed by atoms with Crippen LogP contribution in [0.25, 0.3) is 0 Å². The first-order valence-corrected chi connectivity index (χ1v) is 9.12. The summed E-state index contributed by atoms with van der Waals surface area (Å²) in [5, 5.41) is 6.60. The molecule has 0 atom stereocenters. The van der Waals surface area contributed by atoms with Gasteiger partial charge in [0.15, 0.2) is 5.84 Å². The monoisotopic (exact) mass is 331 g/mol. The summed E-state index contributed by atoms with van der Waals surface area (Å²) in [6, 6.07) is 0. The lowest BCUT2D eigenvalue weighted by Crippen LogP contribution is -2.36. The summed E-state index contributed by atoms with van der Waals surface area (Å²) in [4.78, 5) is 7.09. The van der Waals surface area contributed by atoms with Crippen molar-refractivity contribution in [3.8, 4) is 0 Å². The number of nitrogens with zero attached hydrogens (tertiary/aromatic N) is 4. The van der Waals surface area contributed by atoms with E-state index in [0.717, 1.165) is 44.6 Å². The van der Waals surface area contributed by atoms with Gasteiger partial charge < -0.3 is 4.90 Å². The molecule has 1 aliphatic heterocycles. The molecule has 1 aliphatic carbocycles. The van der Waals surface area contributed by atoms with Gasteiger partial charge in [-0.3, -0.25) is 5.43 Å². The zero-order chi connectivity index (χ0) is 17.5. The van der Waals surface area contributed by atoms with E-state index in [0.29, 0.717) is 11.8 Å². The Labute approximate surface area is 147 Å². The minimum Gasteiger partial charge on any atom is -0.306 e. The fraction of sp³-hybridized carbons (Fsp3) is 0.684. The van der Waals surface area contributed by atoms with Crippen LogP contribution < -0.4 is 5.43 Å². The van der Waals surface area contributed by atoms with Crippen molar-refractivity contribution in [2.45, 2.75) is 46.5 Å². The number of hydrogen-bond donors (Lipinski definition) is 1. The number of amidine groups is 1. The highest BCUT2D eigenvalue weighted by Crippen LogP contribution is 2.20. The highest BCUT2D eigenvalue weighted by molar-refractivity contribution is 5.91. The summed E-state index contributed by atoms with van der Waals surface area (Å²) in [5.74, 6) is 1.84. The SMILES string of the molecule is CC1=CC=C(NN(C)/N=C(\N=C/C(C)C)C2CCN(C)CC2)CC1. The molecule has 0 aromatic rings. The molecule has 0 aromatic heterocycles. The lowest BCUT2D eigenvalue weighted by molar-refractivity contribution is 0.242. The molecule has 0 aromatic carbocycles. The molecule has 0 bridgehead atoms. The van der Waals surface area contributed by atoms with Gasteiger partial charge in [-0.15, -0.1) is 5.10 Å². The van der Waals surface area contributed by atoms with Crippen molar-refractivity contribution in [2.24, 2.45) is 21.9 Å². The second-order valence-corrected chi connectivity index (χ2v) is 7.40. The molecular weight excluding hydrogens is 298 g/mol. The van der Waals surface area contributed by atoms with Crippen molar-refractivity contribution in [2.75, 3.05) is 27.2 Å². The summed E-state index contributed by atoms with van der Waals surface area (Å²) in [6.07, 6.45) is 10.8. The smallest absolute Gasteiger partial charge is 0.153 e. The molecule has 0 amide bonds. The van der Waals surface area contributed by atoms with Crippen LogP contribution in [0.1, 0.15) is 46.5 Å². The van der Waals surface area contributed by atoms with Crippen LogP contribution >= 0.6 is 0 Å². The number of hydrazine groups is 1. The average molecular weight is 332 g/mol. The minimum atomic E-state index is 0.439. The minimum absolute atomic E-state index is 0.439. The topological polar surface area (TPSA) is 43.2 Å². The van der Waals surface area contributed by atoms with Crippen molar-refractivity contribution in [3.63, 3.8) is 0 Å². The molecule has 1 N–H and O–H groups in total. The van der Waals surface area contributed by atoms with E-state index in [-0.39, 0.29) is 0 Å². The zero-order valence-electron chi connectivity index (χ0n) is 15.9. The molecule has 134 valence electrons. The van der Waals surface area contributed by atoms with Gasteiger partial charge in [-0.1, -0.05) is 25.5 Å². The predicted molar refractivity (Wildman–Crippen MR) is 103 cm³/mol. The number of allylic oxidation sites excluding steroid dienone is 4. The maximum atomic E-state index is 4.77. The van der Waals surface area contributed by atoms with E-state index in [4.69, 9.17) is 10.1 Å². The zero-order valence-corrected chi connectivity index (χ0v) is 15.9. The average Bonchev–Trinajstić information content (AvgIpc) is 2.54. The van der Waals surface area contributed by atoms with Gasteiger partial charge in [-0.25, -0.2) is 10.1 Å². The van der Waals surface area contributed by atoms with E-state index in [1.54, 1.807) is 0 Å². The van der Waals surface area contributed by atoms with Crippen molar-refractivity contribution in [3.05, 3.63) is 23.4 Å². The van der Waals surface area contributed by atoms with E-state index in [1.165, 1.54) is 11.3 Å². The van der Waals surface area contributed by atoms with Gasteiger partial charge >= 0.3 is 0 Å². The highest BCUT2D eigenvalue weighted by atomic mass is 15.7. The Kier molecular flexibility index (Phi) is 7.03. The van der Waals surface area contributed by atoms with Crippen molar-refractivity contribution in [1.82, 2.24) is 15.4 Å². The van der Waals surface area contributed by atoms with Crippen LogP contribution in [0.4, 0.5) is 0 Å². The standard InChI is InChI=1S/C19H33N5/c1-15(2)14-20-19(17-10-12-23(4)13-11-17)22-24(5)21-18-8-6-16(3)7-9-18/h6,8,14-15,17,21H,7,9-13H2,1-5H3/b20-14-,22-19-. The van der Waals surface area contributed by atoms with Crippen LogP contribution in [-0.4, -0.2) is 49.3 Å². The Balaban J connectivity index is 2.05. The van der Waals surface area contributed by atoms with Crippen molar-refractivity contribution >= 4 is 12.1 Å². The molecule has 5 nitrogen and oxygen atoms in total. The van der Waals surface area contributed by atoms with Gasteiger partial charge in [0, 0.05) is 24.9 Å².